The molecular weight excluding hydrogens is 186 g/mol. The van der Waals surface area contributed by atoms with Crippen molar-refractivity contribution in [2.24, 2.45) is 4.99 Å². The maximum absolute atomic E-state index is 11.7. The standard InChI is InChI=1S/C13H15NO/c15-13-10-6-2-5-9-12(13)14-11-7-3-1-4-8-11/h1,3-4,7-8H,2,5-6,9-10H2. The van der Waals surface area contributed by atoms with E-state index >= 15 is 0 Å². The van der Waals surface area contributed by atoms with Crippen molar-refractivity contribution < 1.29 is 4.79 Å². The van der Waals surface area contributed by atoms with Crippen molar-refractivity contribution in [1.82, 2.24) is 0 Å². The summed E-state index contributed by atoms with van der Waals surface area (Å²) in [7, 11) is 0. The van der Waals surface area contributed by atoms with Gasteiger partial charge in [0.25, 0.3) is 0 Å². The minimum absolute atomic E-state index is 0.233. The van der Waals surface area contributed by atoms with E-state index in [1.54, 1.807) is 0 Å². The molecule has 1 aliphatic carbocycles. The monoisotopic (exact) mass is 201 g/mol. The molecule has 2 nitrogen and oxygen atoms in total. The third-order valence-corrected chi connectivity index (χ3v) is 2.66. The van der Waals surface area contributed by atoms with Crippen molar-refractivity contribution in [1.29, 1.82) is 0 Å². The lowest BCUT2D eigenvalue weighted by Crippen LogP contribution is -2.10. The number of benzene rings is 1. The summed E-state index contributed by atoms with van der Waals surface area (Å²) in [6, 6.07) is 9.72. The van der Waals surface area contributed by atoms with E-state index < -0.39 is 0 Å². The van der Waals surface area contributed by atoms with E-state index in [-0.39, 0.29) is 5.78 Å². The molecule has 2 heteroatoms. The van der Waals surface area contributed by atoms with Crippen LogP contribution in [0.3, 0.4) is 0 Å². The Kier molecular flexibility index (Phi) is 3.28. The third kappa shape index (κ3) is 2.75. The topological polar surface area (TPSA) is 29.4 Å². The molecule has 0 N–H and O–H groups in total. The van der Waals surface area contributed by atoms with Crippen LogP contribution in [0, 0.1) is 0 Å². The minimum atomic E-state index is 0.233. The third-order valence-electron chi connectivity index (χ3n) is 2.66. The number of para-hydroxylation sites is 1. The molecule has 0 unspecified atom stereocenters. The van der Waals surface area contributed by atoms with E-state index in [4.69, 9.17) is 0 Å². The largest absolute Gasteiger partial charge is 0.293 e. The number of hydrogen-bond acceptors (Lipinski definition) is 2. The fourth-order valence-electron chi connectivity index (χ4n) is 1.82. The number of ketones is 1. The first-order valence-corrected chi connectivity index (χ1v) is 5.52. The molecule has 78 valence electrons. The highest BCUT2D eigenvalue weighted by Crippen LogP contribution is 2.17. The Hall–Kier alpha value is -1.44. The zero-order valence-corrected chi connectivity index (χ0v) is 8.78. The molecule has 0 amide bonds. The van der Waals surface area contributed by atoms with Gasteiger partial charge < -0.3 is 0 Å². The number of carbonyl (C=O) groups is 1. The van der Waals surface area contributed by atoms with Gasteiger partial charge in [-0.2, -0.15) is 0 Å². The maximum Gasteiger partial charge on any atom is 0.177 e. The Morgan fingerprint density at radius 2 is 1.67 bits per heavy atom. The number of nitrogens with zero attached hydrogens (tertiary/aromatic N) is 1. The van der Waals surface area contributed by atoms with Crippen molar-refractivity contribution in [2.45, 2.75) is 32.1 Å². The average Bonchev–Trinajstić information content (AvgIpc) is 2.46. The average molecular weight is 201 g/mol. The van der Waals surface area contributed by atoms with Gasteiger partial charge in [-0.05, 0) is 31.4 Å². The molecule has 1 aromatic carbocycles. The van der Waals surface area contributed by atoms with Gasteiger partial charge in [0.15, 0.2) is 5.78 Å². The fraction of sp³-hybridized carbons (Fsp3) is 0.385. The van der Waals surface area contributed by atoms with Crippen LogP contribution in [0.25, 0.3) is 0 Å². The molecule has 2 rings (SSSR count). The van der Waals surface area contributed by atoms with Crippen LogP contribution in [0.4, 0.5) is 5.69 Å². The van der Waals surface area contributed by atoms with Gasteiger partial charge in [0, 0.05) is 6.42 Å². The van der Waals surface area contributed by atoms with Gasteiger partial charge in [-0.25, -0.2) is 4.99 Å². The van der Waals surface area contributed by atoms with Gasteiger partial charge in [0.2, 0.25) is 0 Å². The second kappa shape index (κ2) is 4.87. The van der Waals surface area contributed by atoms with Crippen molar-refractivity contribution in [3.05, 3.63) is 30.3 Å². The summed E-state index contributed by atoms with van der Waals surface area (Å²) in [5, 5.41) is 0. The highest BCUT2D eigenvalue weighted by Gasteiger charge is 2.14. The molecule has 0 bridgehead atoms. The van der Waals surface area contributed by atoms with Crippen LogP contribution in [0.5, 0.6) is 0 Å². The molecule has 0 atom stereocenters. The Morgan fingerprint density at radius 1 is 0.933 bits per heavy atom. The molecule has 1 fully saturated rings. The van der Waals surface area contributed by atoms with Crippen molar-refractivity contribution in [3.63, 3.8) is 0 Å². The second-order valence-electron chi connectivity index (χ2n) is 3.88. The molecule has 1 aliphatic rings. The van der Waals surface area contributed by atoms with Crippen LogP contribution in [0.15, 0.2) is 35.3 Å². The van der Waals surface area contributed by atoms with Crippen molar-refractivity contribution >= 4 is 17.2 Å². The summed E-state index contributed by atoms with van der Waals surface area (Å²) < 4.78 is 0. The number of carbonyl (C=O) groups excluding carboxylic acids is 1. The minimum Gasteiger partial charge on any atom is -0.293 e. The van der Waals surface area contributed by atoms with Gasteiger partial charge in [-0.1, -0.05) is 24.6 Å². The second-order valence-corrected chi connectivity index (χ2v) is 3.88. The quantitative estimate of drug-likeness (QED) is 0.641. The predicted molar refractivity (Wildman–Crippen MR) is 61.6 cm³/mol. The van der Waals surface area contributed by atoms with Gasteiger partial charge in [-0.15, -0.1) is 0 Å². The lowest BCUT2D eigenvalue weighted by molar-refractivity contribution is -0.113. The van der Waals surface area contributed by atoms with Gasteiger partial charge >= 0.3 is 0 Å². The first kappa shape index (κ1) is 10.1. The molecule has 0 radical (unpaired) electrons. The maximum atomic E-state index is 11.7. The van der Waals surface area contributed by atoms with Crippen LogP contribution in [0.2, 0.25) is 0 Å². The molecule has 0 spiro atoms. The summed E-state index contributed by atoms with van der Waals surface area (Å²) in [6.45, 7) is 0. The van der Waals surface area contributed by atoms with Gasteiger partial charge in [0.1, 0.15) is 0 Å². The SMILES string of the molecule is O=C1CCCCCC1=Nc1ccccc1. The van der Waals surface area contributed by atoms with Crippen LogP contribution >= 0.6 is 0 Å². The zero-order chi connectivity index (χ0) is 10.5. The summed E-state index contributed by atoms with van der Waals surface area (Å²) in [6.07, 6.45) is 4.78. The summed E-state index contributed by atoms with van der Waals surface area (Å²) in [4.78, 5) is 16.1. The van der Waals surface area contributed by atoms with Crippen LogP contribution in [0.1, 0.15) is 32.1 Å². The van der Waals surface area contributed by atoms with Crippen LogP contribution < -0.4 is 0 Å². The molecular formula is C13H15NO. The molecule has 1 aromatic rings. The van der Waals surface area contributed by atoms with E-state index in [1.165, 1.54) is 0 Å². The predicted octanol–water partition coefficient (Wildman–Crippen LogP) is 3.29. The van der Waals surface area contributed by atoms with E-state index in [1.807, 2.05) is 30.3 Å². The molecule has 15 heavy (non-hydrogen) atoms. The zero-order valence-electron chi connectivity index (χ0n) is 8.78. The number of hydrogen-bond donors (Lipinski definition) is 0. The van der Waals surface area contributed by atoms with Gasteiger partial charge in [0.05, 0.1) is 11.4 Å². The Labute approximate surface area is 90.0 Å². The van der Waals surface area contributed by atoms with Crippen molar-refractivity contribution in [2.75, 3.05) is 0 Å². The highest BCUT2D eigenvalue weighted by molar-refractivity contribution is 6.40. The first-order valence-electron chi connectivity index (χ1n) is 5.52. The van der Waals surface area contributed by atoms with E-state index in [9.17, 15) is 4.79 Å². The lowest BCUT2D eigenvalue weighted by atomic mass is 10.1. The first-order chi connectivity index (χ1) is 7.36. The van der Waals surface area contributed by atoms with E-state index in [2.05, 4.69) is 4.99 Å². The fourth-order valence-corrected chi connectivity index (χ4v) is 1.82. The number of rotatable bonds is 1. The Morgan fingerprint density at radius 3 is 2.47 bits per heavy atom. The normalized spacial score (nSPS) is 20.3. The van der Waals surface area contributed by atoms with Crippen molar-refractivity contribution in [3.8, 4) is 0 Å². The summed E-state index contributed by atoms with van der Waals surface area (Å²) in [5.41, 5.74) is 1.65. The molecule has 0 heterocycles. The smallest absolute Gasteiger partial charge is 0.177 e. The highest BCUT2D eigenvalue weighted by atomic mass is 16.1. The summed E-state index contributed by atoms with van der Waals surface area (Å²) in [5.74, 6) is 0.233. The van der Waals surface area contributed by atoms with E-state index in [0.717, 1.165) is 37.1 Å². The van der Waals surface area contributed by atoms with Gasteiger partial charge in [-0.3, -0.25) is 4.79 Å². The number of Topliss-reactive ketones (excluding diaryl/α,β-unsaturated/α-hetero) is 1. The van der Waals surface area contributed by atoms with E-state index in [0.29, 0.717) is 6.42 Å². The Balaban J connectivity index is 2.20. The van der Waals surface area contributed by atoms with Crippen LogP contribution in [-0.2, 0) is 4.79 Å². The lowest BCUT2D eigenvalue weighted by Gasteiger charge is -2.00. The van der Waals surface area contributed by atoms with Crippen LogP contribution in [-0.4, -0.2) is 11.5 Å². The Bertz CT molecular complexity index is 367. The molecule has 0 aromatic heterocycles. The molecule has 1 saturated carbocycles. The molecule has 0 saturated heterocycles. The number of aliphatic imine (C=N–C) groups is 1. The molecule has 0 aliphatic heterocycles. The summed E-state index contributed by atoms with van der Waals surface area (Å²) >= 11 is 0.